The first-order chi connectivity index (χ1) is 13.0. The van der Waals surface area contributed by atoms with E-state index in [1.807, 2.05) is 24.0 Å². The lowest BCUT2D eigenvalue weighted by atomic mass is 9.98. The second-order valence-corrected chi connectivity index (χ2v) is 7.58. The molecule has 0 aromatic heterocycles. The van der Waals surface area contributed by atoms with Crippen LogP contribution in [0, 0.1) is 6.92 Å². The van der Waals surface area contributed by atoms with E-state index in [-0.39, 0.29) is 18.5 Å². The normalized spacial score (nSPS) is 20.9. The molecule has 0 radical (unpaired) electrons. The number of amides is 3. The first-order valence-electron chi connectivity index (χ1n) is 9.69. The van der Waals surface area contributed by atoms with E-state index >= 15 is 0 Å². The van der Waals surface area contributed by atoms with Gasteiger partial charge in [-0.1, -0.05) is 12.5 Å². The molecule has 2 fully saturated rings. The minimum absolute atomic E-state index is 0.000340. The Morgan fingerprint density at radius 3 is 2.70 bits per heavy atom. The molecule has 0 bridgehead atoms. The van der Waals surface area contributed by atoms with Gasteiger partial charge in [-0.2, -0.15) is 0 Å². The molecule has 0 spiro atoms. The Balaban J connectivity index is 1.54. The van der Waals surface area contributed by atoms with Crippen molar-refractivity contribution in [1.82, 2.24) is 9.80 Å². The van der Waals surface area contributed by atoms with Crippen LogP contribution in [0.2, 0.25) is 0 Å². The van der Waals surface area contributed by atoms with Crippen LogP contribution in [0.25, 0.3) is 0 Å². The van der Waals surface area contributed by atoms with Crippen molar-refractivity contribution in [3.05, 3.63) is 23.8 Å². The molecule has 3 amide bonds. The zero-order valence-electron chi connectivity index (χ0n) is 16.5. The topological polar surface area (TPSA) is 73.9 Å². The number of aryl methyl sites for hydroxylation is 1. The zero-order valence-corrected chi connectivity index (χ0v) is 16.5. The number of urea groups is 1. The van der Waals surface area contributed by atoms with Crippen molar-refractivity contribution in [2.24, 2.45) is 0 Å². The summed E-state index contributed by atoms with van der Waals surface area (Å²) in [6, 6.07) is 6.49. The van der Waals surface area contributed by atoms with E-state index in [9.17, 15) is 9.59 Å². The summed E-state index contributed by atoms with van der Waals surface area (Å²) in [5.74, 6) is -0.222. The predicted molar refractivity (Wildman–Crippen MR) is 106 cm³/mol. The number of carbonyl (C=O) groups excluding carboxylic acids is 2. The molecule has 1 aromatic rings. The average molecular weight is 374 g/mol. The first kappa shape index (κ1) is 19.6. The number of methoxy groups -OCH3 is 1. The maximum Gasteiger partial charge on any atom is 0.321 e. The molecule has 148 valence electrons. The number of rotatable bonds is 5. The van der Waals surface area contributed by atoms with Crippen LogP contribution in [0.15, 0.2) is 18.2 Å². The van der Waals surface area contributed by atoms with Gasteiger partial charge in [-0.3, -0.25) is 9.69 Å². The van der Waals surface area contributed by atoms with Crippen LogP contribution in [-0.4, -0.2) is 67.2 Å². The highest BCUT2D eigenvalue weighted by Gasteiger charge is 2.37. The van der Waals surface area contributed by atoms with Gasteiger partial charge in [0.25, 0.3) is 0 Å². The van der Waals surface area contributed by atoms with Crippen molar-refractivity contribution in [3.8, 4) is 0 Å². The Labute approximate surface area is 161 Å². The molecule has 0 aliphatic carbocycles. The lowest BCUT2D eigenvalue weighted by Crippen LogP contribution is -2.64. The van der Waals surface area contributed by atoms with Crippen molar-refractivity contribution >= 4 is 23.3 Å². The van der Waals surface area contributed by atoms with Gasteiger partial charge in [-0.05, 0) is 50.9 Å². The monoisotopic (exact) mass is 374 g/mol. The Hall–Kier alpha value is -2.12. The number of piperidine rings is 1. The fraction of sp³-hybridized carbons (Fsp3) is 0.600. The van der Waals surface area contributed by atoms with Crippen LogP contribution < -0.4 is 10.6 Å². The van der Waals surface area contributed by atoms with Gasteiger partial charge in [0.1, 0.15) is 6.61 Å². The molecule has 7 nitrogen and oxygen atoms in total. The summed E-state index contributed by atoms with van der Waals surface area (Å²) in [7, 11) is 1.48. The van der Waals surface area contributed by atoms with Gasteiger partial charge in [0.15, 0.2) is 0 Å². The van der Waals surface area contributed by atoms with Crippen molar-refractivity contribution in [1.29, 1.82) is 0 Å². The Morgan fingerprint density at radius 2 is 2.00 bits per heavy atom. The average Bonchev–Trinajstić information content (AvgIpc) is 2.58. The van der Waals surface area contributed by atoms with Gasteiger partial charge < -0.3 is 20.3 Å². The maximum atomic E-state index is 12.6. The fourth-order valence-electron chi connectivity index (χ4n) is 3.85. The third-order valence-corrected chi connectivity index (χ3v) is 5.51. The van der Waals surface area contributed by atoms with Gasteiger partial charge in [-0.25, -0.2) is 4.79 Å². The number of ether oxygens (including phenoxy) is 1. The van der Waals surface area contributed by atoms with Gasteiger partial charge in [0.05, 0.1) is 0 Å². The minimum atomic E-state index is -0.222. The van der Waals surface area contributed by atoms with Crippen LogP contribution in [-0.2, 0) is 9.53 Å². The fourth-order valence-corrected chi connectivity index (χ4v) is 3.85. The van der Waals surface area contributed by atoms with Gasteiger partial charge >= 0.3 is 6.03 Å². The molecule has 27 heavy (non-hydrogen) atoms. The van der Waals surface area contributed by atoms with E-state index < -0.39 is 0 Å². The van der Waals surface area contributed by atoms with Gasteiger partial charge in [0, 0.05) is 43.7 Å². The molecule has 2 aliphatic heterocycles. The van der Waals surface area contributed by atoms with E-state index in [2.05, 4.69) is 22.5 Å². The van der Waals surface area contributed by atoms with Gasteiger partial charge in [-0.15, -0.1) is 0 Å². The molecule has 1 atom stereocenters. The third-order valence-electron chi connectivity index (χ3n) is 5.51. The van der Waals surface area contributed by atoms with Gasteiger partial charge in [0.2, 0.25) is 5.91 Å². The van der Waals surface area contributed by atoms with Crippen LogP contribution in [0.4, 0.5) is 16.2 Å². The summed E-state index contributed by atoms with van der Waals surface area (Å²) in [6.07, 6.45) is 3.82. The van der Waals surface area contributed by atoms with Crippen LogP contribution in [0.1, 0.15) is 31.7 Å². The molecule has 3 rings (SSSR count). The molecule has 7 heteroatoms. The molecular formula is C20H30N4O3. The van der Waals surface area contributed by atoms with E-state index in [1.165, 1.54) is 26.4 Å². The predicted octanol–water partition coefficient (Wildman–Crippen LogP) is 2.67. The van der Waals surface area contributed by atoms with E-state index in [0.29, 0.717) is 23.5 Å². The number of carbonyl (C=O) groups is 2. The molecule has 1 aromatic carbocycles. The number of likely N-dealkylation sites (tertiary alicyclic amines) is 2. The quantitative estimate of drug-likeness (QED) is 0.831. The van der Waals surface area contributed by atoms with Crippen LogP contribution >= 0.6 is 0 Å². The molecule has 2 N–H and O–H groups in total. The number of hydrogen-bond acceptors (Lipinski definition) is 4. The van der Waals surface area contributed by atoms with E-state index in [1.54, 1.807) is 6.07 Å². The molecular weight excluding hydrogens is 344 g/mol. The highest BCUT2D eigenvalue weighted by atomic mass is 16.5. The summed E-state index contributed by atoms with van der Waals surface area (Å²) in [5, 5.41) is 5.74. The van der Waals surface area contributed by atoms with Crippen LogP contribution in [0.3, 0.4) is 0 Å². The maximum absolute atomic E-state index is 12.6. The summed E-state index contributed by atoms with van der Waals surface area (Å²) in [5.41, 5.74) is 2.31. The van der Waals surface area contributed by atoms with E-state index in [0.717, 1.165) is 25.2 Å². The number of hydrogen-bond donors (Lipinski definition) is 2. The number of nitrogens with one attached hydrogen (secondary N) is 2. The lowest BCUT2D eigenvalue weighted by Gasteiger charge is -2.49. The Bertz CT molecular complexity index is 688. The molecule has 0 saturated carbocycles. The standard InChI is InChI=1S/C20H30N4O3/c1-14-7-8-16(21-19(25)13-27-3)10-18(14)22-20(26)23-11-17(12-23)24-9-5-4-6-15(24)2/h7-8,10,15,17H,4-6,9,11-13H2,1-3H3,(H,21,25)(H,22,26)/t15-/m0/s1. The summed E-state index contributed by atoms with van der Waals surface area (Å²) in [6.45, 7) is 6.92. The number of nitrogens with zero attached hydrogens (tertiary/aromatic N) is 2. The SMILES string of the molecule is COCC(=O)Nc1ccc(C)c(NC(=O)N2CC(N3CCCC[C@@H]3C)C2)c1. The Kier molecular flexibility index (Phi) is 6.34. The number of anilines is 2. The highest BCUT2D eigenvalue weighted by molar-refractivity contribution is 5.94. The second kappa shape index (κ2) is 8.71. The number of benzene rings is 1. The minimum Gasteiger partial charge on any atom is -0.375 e. The highest BCUT2D eigenvalue weighted by Crippen LogP contribution is 2.26. The largest absolute Gasteiger partial charge is 0.375 e. The summed E-state index contributed by atoms with van der Waals surface area (Å²) >= 11 is 0. The van der Waals surface area contributed by atoms with Crippen molar-refractivity contribution in [2.45, 2.75) is 45.2 Å². The molecule has 2 saturated heterocycles. The van der Waals surface area contributed by atoms with Crippen LogP contribution in [0.5, 0.6) is 0 Å². The summed E-state index contributed by atoms with van der Waals surface area (Å²) in [4.78, 5) is 28.6. The molecule has 2 heterocycles. The van der Waals surface area contributed by atoms with Crippen molar-refractivity contribution in [3.63, 3.8) is 0 Å². The third kappa shape index (κ3) is 4.78. The summed E-state index contributed by atoms with van der Waals surface area (Å²) < 4.78 is 4.82. The molecule has 2 aliphatic rings. The first-order valence-corrected chi connectivity index (χ1v) is 9.69. The lowest BCUT2D eigenvalue weighted by molar-refractivity contribution is -0.119. The zero-order chi connectivity index (χ0) is 19.4. The second-order valence-electron chi connectivity index (χ2n) is 7.58. The van der Waals surface area contributed by atoms with Crippen molar-refractivity contribution < 1.29 is 14.3 Å². The Morgan fingerprint density at radius 1 is 1.22 bits per heavy atom. The molecule has 0 unspecified atom stereocenters. The van der Waals surface area contributed by atoms with Crippen molar-refractivity contribution in [2.75, 3.05) is 44.0 Å². The van der Waals surface area contributed by atoms with E-state index in [4.69, 9.17) is 4.74 Å². The smallest absolute Gasteiger partial charge is 0.321 e.